The number of rotatable bonds is 9. The highest BCUT2D eigenvalue weighted by molar-refractivity contribution is 6.30. The smallest absolute Gasteiger partial charge is 0.236 e. The normalized spacial score (nSPS) is 21.0. The van der Waals surface area contributed by atoms with E-state index < -0.39 is 0 Å². The minimum absolute atomic E-state index is 0.301. The topological polar surface area (TPSA) is 38.8 Å². The molecule has 2 aromatic carbocycles. The first-order valence-corrected chi connectivity index (χ1v) is 14.8. The van der Waals surface area contributed by atoms with Crippen LogP contribution in [0.4, 0.5) is 0 Å². The molecular formula is C31H43ClN4O. The summed E-state index contributed by atoms with van der Waals surface area (Å²) in [6, 6.07) is 20.1. The van der Waals surface area contributed by atoms with Crippen molar-refractivity contribution >= 4 is 17.5 Å². The highest BCUT2D eigenvalue weighted by Crippen LogP contribution is 2.40. The molecule has 1 saturated carbocycles. The lowest BCUT2D eigenvalue weighted by molar-refractivity contribution is -0.135. The Morgan fingerprint density at radius 1 is 0.919 bits per heavy atom. The lowest BCUT2D eigenvalue weighted by Crippen LogP contribution is -2.54. The van der Waals surface area contributed by atoms with Crippen LogP contribution in [0.2, 0.25) is 5.02 Å². The van der Waals surface area contributed by atoms with Gasteiger partial charge < -0.3 is 10.2 Å². The van der Waals surface area contributed by atoms with Crippen LogP contribution in [0, 0.1) is 5.92 Å². The molecule has 1 atom stereocenters. The molecule has 5 rings (SSSR count). The fourth-order valence-corrected chi connectivity index (χ4v) is 6.84. The summed E-state index contributed by atoms with van der Waals surface area (Å²) in [4.78, 5) is 20.8. The van der Waals surface area contributed by atoms with Crippen LogP contribution in [0.15, 0.2) is 54.6 Å². The number of halogens is 1. The van der Waals surface area contributed by atoms with E-state index in [-0.39, 0.29) is 0 Å². The van der Waals surface area contributed by atoms with Crippen LogP contribution in [-0.4, -0.2) is 79.0 Å². The standard InChI is InChI=1S/C31H43ClN4O/c32-28-12-10-27(11-13-28)31(26-8-4-5-9-26)35-22-20-34(21-23-35)30(37)24-36(29-14-17-33-18-15-29)19-16-25-6-2-1-3-7-25/h1-3,6-7,10-13,26,29,31,33H,4-5,8-9,14-24H2. The van der Waals surface area contributed by atoms with Gasteiger partial charge in [0.2, 0.25) is 5.91 Å². The summed E-state index contributed by atoms with van der Waals surface area (Å²) >= 11 is 6.21. The molecule has 200 valence electrons. The first-order valence-electron chi connectivity index (χ1n) is 14.4. The number of amides is 1. The van der Waals surface area contributed by atoms with E-state index >= 15 is 0 Å². The van der Waals surface area contributed by atoms with Crippen molar-refractivity contribution in [1.82, 2.24) is 20.0 Å². The fraction of sp³-hybridized carbons (Fsp3) is 0.581. The highest BCUT2D eigenvalue weighted by atomic mass is 35.5. The molecule has 2 aliphatic heterocycles. The molecule has 3 fully saturated rings. The molecule has 1 unspecified atom stereocenters. The maximum atomic E-state index is 13.5. The predicted molar refractivity (Wildman–Crippen MR) is 152 cm³/mol. The summed E-state index contributed by atoms with van der Waals surface area (Å²) in [5.41, 5.74) is 2.73. The molecule has 3 aliphatic rings. The number of piperidine rings is 1. The second-order valence-corrected chi connectivity index (χ2v) is 11.6. The SMILES string of the molecule is O=C(CN(CCc1ccccc1)C1CCNCC1)N1CCN(C(c2ccc(Cl)cc2)C2CCCC2)CC1. The fourth-order valence-electron chi connectivity index (χ4n) is 6.72. The highest BCUT2D eigenvalue weighted by Gasteiger charge is 2.34. The summed E-state index contributed by atoms with van der Waals surface area (Å²) in [5, 5.41) is 4.28. The molecular weight excluding hydrogens is 480 g/mol. The van der Waals surface area contributed by atoms with Gasteiger partial charge in [-0.15, -0.1) is 0 Å². The quantitative estimate of drug-likeness (QED) is 0.502. The Morgan fingerprint density at radius 2 is 1.59 bits per heavy atom. The maximum absolute atomic E-state index is 13.5. The second kappa shape index (κ2) is 13.2. The Morgan fingerprint density at radius 3 is 2.27 bits per heavy atom. The summed E-state index contributed by atoms with van der Waals surface area (Å²) in [5.74, 6) is 1.01. The number of carbonyl (C=O) groups excluding carboxylic acids is 1. The molecule has 1 N–H and O–H groups in total. The summed E-state index contributed by atoms with van der Waals surface area (Å²) in [6.07, 6.45) is 8.53. The average molecular weight is 523 g/mol. The lowest BCUT2D eigenvalue weighted by atomic mass is 9.89. The van der Waals surface area contributed by atoms with Crippen LogP contribution < -0.4 is 5.32 Å². The van der Waals surface area contributed by atoms with Crippen molar-refractivity contribution in [2.75, 3.05) is 52.4 Å². The van der Waals surface area contributed by atoms with Crippen LogP contribution in [0.3, 0.4) is 0 Å². The van der Waals surface area contributed by atoms with Crippen molar-refractivity contribution in [1.29, 1.82) is 0 Å². The van der Waals surface area contributed by atoms with Crippen LogP contribution in [0.5, 0.6) is 0 Å². The van der Waals surface area contributed by atoms with Gasteiger partial charge in [0.15, 0.2) is 0 Å². The van der Waals surface area contributed by atoms with Crippen molar-refractivity contribution in [3.8, 4) is 0 Å². The van der Waals surface area contributed by atoms with E-state index in [1.807, 2.05) is 12.1 Å². The van der Waals surface area contributed by atoms with Gasteiger partial charge in [0.25, 0.3) is 0 Å². The largest absolute Gasteiger partial charge is 0.339 e. The Kier molecular flexibility index (Phi) is 9.54. The zero-order valence-electron chi connectivity index (χ0n) is 22.2. The van der Waals surface area contributed by atoms with E-state index in [1.165, 1.54) is 36.8 Å². The van der Waals surface area contributed by atoms with Gasteiger partial charge in [-0.25, -0.2) is 0 Å². The minimum atomic E-state index is 0.301. The van der Waals surface area contributed by atoms with E-state index in [9.17, 15) is 4.79 Å². The summed E-state index contributed by atoms with van der Waals surface area (Å²) < 4.78 is 0. The number of carbonyl (C=O) groups is 1. The van der Waals surface area contributed by atoms with Gasteiger partial charge in [-0.05, 0) is 74.4 Å². The van der Waals surface area contributed by atoms with E-state index in [4.69, 9.17) is 11.6 Å². The number of hydrogen-bond acceptors (Lipinski definition) is 4. The van der Waals surface area contributed by atoms with Crippen LogP contribution >= 0.6 is 11.6 Å². The monoisotopic (exact) mass is 522 g/mol. The van der Waals surface area contributed by atoms with Crippen LogP contribution in [0.1, 0.15) is 55.7 Å². The Hall–Kier alpha value is -1.92. The van der Waals surface area contributed by atoms with Gasteiger partial charge in [-0.3, -0.25) is 14.6 Å². The van der Waals surface area contributed by atoms with Crippen molar-refractivity contribution in [3.63, 3.8) is 0 Å². The van der Waals surface area contributed by atoms with E-state index in [0.717, 1.165) is 70.1 Å². The Balaban J connectivity index is 1.20. The molecule has 6 heteroatoms. The average Bonchev–Trinajstić information content (AvgIpc) is 3.48. The van der Waals surface area contributed by atoms with Crippen molar-refractivity contribution in [2.24, 2.45) is 5.92 Å². The number of nitrogens with zero attached hydrogens (tertiary/aromatic N) is 3. The summed E-state index contributed by atoms with van der Waals surface area (Å²) in [6.45, 7) is 7.14. The number of piperazine rings is 1. The van der Waals surface area contributed by atoms with Gasteiger partial charge in [0.1, 0.15) is 0 Å². The van der Waals surface area contributed by atoms with Gasteiger partial charge in [0.05, 0.1) is 6.54 Å². The molecule has 37 heavy (non-hydrogen) atoms. The van der Waals surface area contributed by atoms with Crippen LogP contribution in [-0.2, 0) is 11.2 Å². The van der Waals surface area contributed by atoms with Gasteiger partial charge in [0, 0.05) is 49.8 Å². The van der Waals surface area contributed by atoms with E-state index in [2.05, 4.69) is 62.5 Å². The van der Waals surface area contributed by atoms with Crippen LogP contribution in [0.25, 0.3) is 0 Å². The number of benzene rings is 2. The molecule has 0 bridgehead atoms. The number of nitrogens with one attached hydrogen (secondary N) is 1. The van der Waals surface area contributed by atoms with Crippen molar-refractivity contribution in [3.05, 3.63) is 70.7 Å². The zero-order valence-corrected chi connectivity index (χ0v) is 22.9. The Bertz CT molecular complexity index is 964. The molecule has 1 amide bonds. The first-order chi connectivity index (χ1) is 18.2. The minimum Gasteiger partial charge on any atom is -0.339 e. The van der Waals surface area contributed by atoms with Crippen molar-refractivity contribution in [2.45, 2.75) is 57.0 Å². The van der Waals surface area contributed by atoms with Gasteiger partial charge in [-0.2, -0.15) is 0 Å². The molecule has 2 saturated heterocycles. The van der Waals surface area contributed by atoms with E-state index in [0.29, 0.717) is 30.5 Å². The molecule has 1 aliphatic carbocycles. The molecule has 0 spiro atoms. The predicted octanol–water partition coefficient (Wildman–Crippen LogP) is 5.01. The maximum Gasteiger partial charge on any atom is 0.236 e. The molecule has 0 radical (unpaired) electrons. The van der Waals surface area contributed by atoms with Gasteiger partial charge in [-0.1, -0.05) is 66.9 Å². The molecule has 2 heterocycles. The summed E-state index contributed by atoms with van der Waals surface area (Å²) in [7, 11) is 0. The first kappa shape index (κ1) is 26.7. The van der Waals surface area contributed by atoms with Crippen molar-refractivity contribution < 1.29 is 4.79 Å². The zero-order chi connectivity index (χ0) is 25.5. The van der Waals surface area contributed by atoms with E-state index in [1.54, 1.807) is 0 Å². The molecule has 2 aromatic rings. The Labute approximate surface area is 228 Å². The molecule has 5 nitrogen and oxygen atoms in total. The lowest BCUT2D eigenvalue weighted by Gasteiger charge is -2.43. The third kappa shape index (κ3) is 7.14. The van der Waals surface area contributed by atoms with Gasteiger partial charge >= 0.3 is 0 Å². The second-order valence-electron chi connectivity index (χ2n) is 11.1. The third-order valence-electron chi connectivity index (χ3n) is 8.81. The molecule has 0 aromatic heterocycles. The third-order valence-corrected chi connectivity index (χ3v) is 9.06. The number of hydrogen-bond donors (Lipinski definition) is 1.